The maximum atomic E-state index is 6.40. The van der Waals surface area contributed by atoms with Gasteiger partial charge < -0.3 is 10.6 Å². The molecule has 0 aromatic heterocycles. The fraction of sp³-hybridized carbons (Fsp3) is 0.292. The van der Waals surface area contributed by atoms with Crippen molar-refractivity contribution in [2.75, 3.05) is 11.9 Å². The van der Waals surface area contributed by atoms with Crippen LogP contribution in [0.5, 0.6) is 0 Å². The number of hydrogen-bond acceptors (Lipinski definition) is 1. The van der Waals surface area contributed by atoms with E-state index in [9.17, 15) is 0 Å². The number of hydrogen-bond donors (Lipinski definition) is 1. The molecule has 0 aliphatic heterocycles. The predicted octanol–water partition coefficient (Wildman–Crippen LogP) is 5.53. The van der Waals surface area contributed by atoms with Crippen LogP contribution in [-0.2, 0) is 12.8 Å². The standard InChI is InChI=1S/C24H27N3/c1-4-16(2)19-9-6-10-20(15-19)27(3)24(25)26-22-14-12-18-8-5-7-17-11-13-21(22)23(17)18/h5-10,12,14-16H,4,11,13H2,1-3H3,(H2,25,26). The first-order valence-corrected chi connectivity index (χ1v) is 9.79. The molecule has 1 aliphatic carbocycles. The molecule has 1 unspecified atom stereocenters. The van der Waals surface area contributed by atoms with Gasteiger partial charge in [-0.15, -0.1) is 0 Å². The van der Waals surface area contributed by atoms with E-state index in [-0.39, 0.29) is 0 Å². The lowest BCUT2D eigenvalue weighted by molar-refractivity contribution is 0.733. The summed E-state index contributed by atoms with van der Waals surface area (Å²) in [5, 5.41) is 2.67. The first-order valence-electron chi connectivity index (χ1n) is 9.79. The van der Waals surface area contributed by atoms with Gasteiger partial charge >= 0.3 is 0 Å². The topological polar surface area (TPSA) is 41.6 Å². The van der Waals surface area contributed by atoms with Gasteiger partial charge in [-0.1, -0.05) is 50.2 Å². The number of nitrogens with two attached hydrogens (primary N) is 1. The van der Waals surface area contributed by atoms with E-state index in [1.165, 1.54) is 27.5 Å². The smallest absolute Gasteiger partial charge is 0.200 e. The molecule has 3 aromatic carbocycles. The van der Waals surface area contributed by atoms with Gasteiger partial charge in [-0.2, -0.15) is 0 Å². The highest BCUT2D eigenvalue weighted by molar-refractivity contribution is 5.99. The van der Waals surface area contributed by atoms with Crippen LogP contribution in [-0.4, -0.2) is 13.0 Å². The van der Waals surface area contributed by atoms with Crippen molar-refractivity contribution in [3.8, 4) is 0 Å². The predicted molar refractivity (Wildman–Crippen MR) is 116 cm³/mol. The van der Waals surface area contributed by atoms with Crippen molar-refractivity contribution in [2.24, 2.45) is 10.7 Å². The molecule has 1 aliphatic rings. The van der Waals surface area contributed by atoms with Gasteiger partial charge in [0.2, 0.25) is 5.96 Å². The Morgan fingerprint density at radius 1 is 1.11 bits per heavy atom. The van der Waals surface area contributed by atoms with Crippen molar-refractivity contribution in [3.63, 3.8) is 0 Å². The van der Waals surface area contributed by atoms with E-state index in [4.69, 9.17) is 10.7 Å². The summed E-state index contributed by atoms with van der Waals surface area (Å²) >= 11 is 0. The van der Waals surface area contributed by atoms with Crippen molar-refractivity contribution in [1.82, 2.24) is 0 Å². The second kappa shape index (κ2) is 7.07. The van der Waals surface area contributed by atoms with Gasteiger partial charge in [-0.25, -0.2) is 4.99 Å². The van der Waals surface area contributed by atoms with E-state index < -0.39 is 0 Å². The second-order valence-corrected chi connectivity index (χ2v) is 7.51. The summed E-state index contributed by atoms with van der Waals surface area (Å²) in [5.74, 6) is 1.06. The minimum absolute atomic E-state index is 0.524. The van der Waals surface area contributed by atoms with E-state index in [1.807, 2.05) is 11.9 Å². The summed E-state index contributed by atoms with van der Waals surface area (Å²) in [6.45, 7) is 4.47. The average molecular weight is 358 g/mol. The quantitative estimate of drug-likeness (QED) is 0.492. The lowest BCUT2D eigenvalue weighted by Crippen LogP contribution is -2.33. The minimum Gasteiger partial charge on any atom is -0.369 e. The summed E-state index contributed by atoms with van der Waals surface area (Å²) < 4.78 is 0. The van der Waals surface area contributed by atoms with E-state index in [1.54, 1.807) is 0 Å². The van der Waals surface area contributed by atoms with Crippen LogP contribution in [0.1, 0.15) is 42.9 Å². The zero-order valence-corrected chi connectivity index (χ0v) is 16.4. The molecule has 0 heterocycles. The van der Waals surface area contributed by atoms with Gasteiger partial charge in [0, 0.05) is 12.7 Å². The molecule has 0 amide bonds. The Bertz CT molecular complexity index is 1020. The Balaban J connectivity index is 1.69. The van der Waals surface area contributed by atoms with Crippen LogP contribution in [0, 0.1) is 0 Å². The molecule has 2 N–H and O–H groups in total. The fourth-order valence-electron chi connectivity index (χ4n) is 3.96. The maximum absolute atomic E-state index is 6.40. The largest absolute Gasteiger partial charge is 0.369 e. The molecule has 138 valence electrons. The molecule has 0 bridgehead atoms. The Morgan fingerprint density at radius 3 is 2.74 bits per heavy atom. The SMILES string of the molecule is CCC(C)c1cccc(N(C)C(N)=Nc2ccc3cccc4c3c2CC4)c1. The Labute approximate surface area is 161 Å². The number of rotatable bonds is 4. The van der Waals surface area contributed by atoms with Crippen molar-refractivity contribution >= 4 is 28.1 Å². The normalized spacial score (nSPS) is 14.6. The van der Waals surface area contributed by atoms with Crippen LogP contribution < -0.4 is 10.6 Å². The Kier molecular flexibility index (Phi) is 4.61. The lowest BCUT2D eigenvalue weighted by atomic mass is 9.98. The molecule has 0 saturated heterocycles. The monoisotopic (exact) mass is 357 g/mol. The van der Waals surface area contributed by atoms with Crippen molar-refractivity contribution in [2.45, 2.75) is 39.0 Å². The van der Waals surface area contributed by atoms with E-state index in [0.29, 0.717) is 11.9 Å². The lowest BCUT2D eigenvalue weighted by Gasteiger charge is -2.20. The average Bonchev–Trinajstić information content (AvgIpc) is 3.15. The highest BCUT2D eigenvalue weighted by atomic mass is 15.2. The van der Waals surface area contributed by atoms with E-state index in [0.717, 1.165) is 30.6 Å². The molecule has 0 saturated carbocycles. The van der Waals surface area contributed by atoms with Crippen molar-refractivity contribution < 1.29 is 0 Å². The van der Waals surface area contributed by atoms with Gasteiger partial charge in [-0.05, 0) is 70.8 Å². The highest BCUT2D eigenvalue weighted by Gasteiger charge is 2.18. The minimum atomic E-state index is 0.524. The fourth-order valence-corrected chi connectivity index (χ4v) is 3.96. The second-order valence-electron chi connectivity index (χ2n) is 7.51. The van der Waals surface area contributed by atoms with Crippen LogP contribution >= 0.6 is 0 Å². The van der Waals surface area contributed by atoms with Gasteiger partial charge in [0.1, 0.15) is 0 Å². The molecule has 1 atom stereocenters. The van der Waals surface area contributed by atoms with Crippen LogP contribution in [0.3, 0.4) is 0 Å². The molecule has 27 heavy (non-hydrogen) atoms. The molecule has 3 heteroatoms. The molecule has 3 aromatic rings. The van der Waals surface area contributed by atoms with Gasteiger partial charge in [0.05, 0.1) is 5.69 Å². The third-order valence-corrected chi connectivity index (χ3v) is 5.88. The van der Waals surface area contributed by atoms with Crippen molar-refractivity contribution in [3.05, 3.63) is 71.3 Å². The highest BCUT2D eigenvalue weighted by Crippen LogP contribution is 2.37. The molecule has 0 spiro atoms. The molecule has 3 nitrogen and oxygen atoms in total. The number of nitrogens with zero attached hydrogens (tertiary/aromatic N) is 2. The number of guanidine groups is 1. The molecule has 4 rings (SSSR count). The van der Waals surface area contributed by atoms with Crippen LogP contribution in [0.15, 0.2) is 59.6 Å². The number of benzene rings is 3. The zero-order chi connectivity index (χ0) is 19.0. The molecule has 0 radical (unpaired) electrons. The Morgan fingerprint density at radius 2 is 1.93 bits per heavy atom. The van der Waals surface area contributed by atoms with Gasteiger partial charge in [0.15, 0.2) is 0 Å². The summed E-state index contributed by atoms with van der Waals surface area (Å²) in [5.41, 5.74) is 12.6. The zero-order valence-electron chi connectivity index (χ0n) is 16.4. The first kappa shape index (κ1) is 17.6. The Hall–Kier alpha value is -2.81. The first-order chi connectivity index (χ1) is 13.1. The van der Waals surface area contributed by atoms with Crippen molar-refractivity contribution in [1.29, 1.82) is 0 Å². The summed E-state index contributed by atoms with van der Waals surface area (Å²) in [6.07, 6.45) is 3.25. The van der Waals surface area contributed by atoms with E-state index >= 15 is 0 Å². The summed E-state index contributed by atoms with van der Waals surface area (Å²) in [6, 6.07) is 19.4. The van der Waals surface area contributed by atoms with Crippen LogP contribution in [0.2, 0.25) is 0 Å². The number of aliphatic imine (C=N–C) groups is 1. The third-order valence-electron chi connectivity index (χ3n) is 5.88. The molecular weight excluding hydrogens is 330 g/mol. The molecule has 0 fully saturated rings. The summed E-state index contributed by atoms with van der Waals surface area (Å²) in [7, 11) is 1.99. The van der Waals surface area contributed by atoms with Crippen LogP contribution in [0.4, 0.5) is 11.4 Å². The van der Waals surface area contributed by atoms with Crippen LogP contribution in [0.25, 0.3) is 10.8 Å². The number of anilines is 1. The van der Waals surface area contributed by atoms with E-state index in [2.05, 4.69) is 68.4 Å². The number of aryl methyl sites for hydroxylation is 2. The van der Waals surface area contributed by atoms with Gasteiger partial charge in [-0.3, -0.25) is 0 Å². The maximum Gasteiger partial charge on any atom is 0.200 e. The van der Waals surface area contributed by atoms with Gasteiger partial charge in [0.25, 0.3) is 0 Å². The molecular formula is C24H27N3. The summed E-state index contributed by atoms with van der Waals surface area (Å²) in [4.78, 5) is 6.78. The third kappa shape index (κ3) is 3.18.